The molecule has 142 valence electrons. The second-order valence-corrected chi connectivity index (χ2v) is 8.34. The summed E-state index contributed by atoms with van der Waals surface area (Å²) in [7, 11) is -3.53. The van der Waals surface area contributed by atoms with Crippen LogP contribution in [-0.2, 0) is 16.4 Å². The second kappa shape index (κ2) is 8.21. The maximum atomic E-state index is 12.3. The maximum Gasteiger partial charge on any atom is 0.240 e. The summed E-state index contributed by atoms with van der Waals surface area (Å²) in [4.78, 5) is 9.24. The summed E-state index contributed by atoms with van der Waals surface area (Å²) < 4.78 is 27.2. The number of aryl methyl sites for hydroxylation is 2. The third-order valence-corrected chi connectivity index (χ3v) is 5.77. The summed E-state index contributed by atoms with van der Waals surface area (Å²) in [5.74, 6) is 1.37. The van der Waals surface area contributed by atoms with E-state index in [2.05, 4.69) is 20.0 Å². The fourth-order valence-corrected chi connectivity index (χ4v) is 3.81. The van der Waals surface area contributed by atoms with Gasteiger partial charge < -0.3 is 5.32 Å². The Kier molecular flexibility index (Phi) is 5.94. The zero-order chi connectivity index (χ0) is 19.4. The van der Waals surface area contributed by atoms with E-state index in [0.717, 1.165) is 16.5 Å². The molecule has 2 N–H and O–H groups in total. The standard InChI is InChI=1S/C19H21ClN4O2S/c1-3-18-23-17-12-14(20)6-9-16(17)19(24-18)21-10-11-22-27(25,26)15-7-4-13(2)5-8-15/h4-9,12,22H,3,10-11H2,1-2H3,(H,21,23,24). The van der Waals surface area contributed by atoms with E-state index in [9.17, 15) is 8.42 Å². The van der Waals surface area contributed by atoms with Gasteiger partial charge in [0.2, 0.25) is 10.0 Å². The molecule has 2 aromatic carbocycles. The molecule has 0 atom stereocenters. The van der Waals surface area contributed by atoms with Crippen LogP contribution in [0.2, 0.25) is 5.02 Å². The van der Waals surface area contributed by atoms with E-state index in [1.54, 1.807) is 36.4 Å². The Morgan fingerprint density at radius 3 is 2.48 bits per heavy atom. The average Bonchev–Trinajstić information content (AvgIpc) is 2.64. The summed E-state index contributed by atoms with van der Waals surface area (Å²) in [5.41, 5.74) is 1.77. The molecule has 3 rings (SSSR count). The second-order valence-electron chi connectivity index (χ2n) is 6.14. The summed E-state index contributed by atoms with van der Waals surface area (Å²) in [6.45, 7) is 4.52. The number of nitrogens with one attached hydrogen (secondary N) is 2. The van der Waals surface area contributed by atoms with Gasteiger partial charge in [0.25, 0.3) is 0 Å². The van der Waals surface area contributed by atoms with Crippen LogP contribution in [0.4, 0.5) is 5.82 Å². The molecule has 0 fully saturated rings. The monoisotopic (exact) mass is 404 g/mol. The van der Waals surface area contributed by atoms with Crippen molar-refractivity contribution in [1.29, 1.82) is 0 Å². The number of sulfonamides is 1. The van der Waals surface area contributed by atoms with E-state index in [-0.39, 0.29) is 11.4 Å². The van der Waals surface area contributed by atoms with Crippen molar-refractivity contribution in [2.45, 2.75) is 25.2 Å². The van der Waals surface area contributed by atoms with E-state index < -0.39 is 10.0 Å². The van der Waals surface area contributed by atoms with Crippen LogP contribution in [0.15, 0.2) is 47.4 Å². The third kappa shape index (κ3) is 4.74. The van der Waals surface area contributed by atoms with Crippen molar-refractivity contribution >= 4 is 38.3 Å². The van der Waals surface area contributed by atoms with Gasteiger partial charge in [-0.3, -0.25) is 0 Å². The number of rotatable bonds is 7. The fourth-order valence-electron chi connectivity index (χ4n) is 2.61. The zero-order valence-electron chi connectivity index (χ0n) is 15.2. The molecule has 1 heterocycles. The van der Waals surface area contributed by atoms with Crippen LogP contribution in [0.25, 0.3) is 10.9 Å². The number of hydrogen-bond acceptors (Lipinski definition) is 5. The highest BCUT2D eigenvalue weighted by Gasteiger charge is 2.13. The molecule has 0 unspecified atom stereocenters. The topological polar surface area (TPSA) is 84.0 Å². The van der Waals surface area contributed by atoms with Crippen LogP contribution in [0.3, 0.4) is 0 Å². The van der Waals surface area contributed by atoms with Crippen molar-refractivity contribution in [3.63, 3.8) is 0 Å². The van der Waals surface area contributed by atoms with E-state index in [4.69, 9.17) is 11.6 Å². The number of hydrogen-bond donors (Lipinski definition) is 2. The highest BCUT2D eigenvalue weighted by molar-refractivity contribution is 7.89. The van der Waals surface area contributed by atoms with Crippen molar-refractivity contribution in [3.05, 3.63) is 58.9 Å². The minimum absolute atomic E-state index is 0.233. The molecule has 0 saturated carbocycles. The van der Waals surface area contributed by atoms with Gasteiger partial charge in [0.1, 0.15) is 11.6 Å². The van der Waals surface area contributed by atoms with Gasteiger partial charge in [0.15, 0.2) is 0 Å². The highest BCUT2D eigenvalue weighted by atomic mass is 35.5. The van der Waals surface area contributed by atoms with Gasteiger partial charge in [-0.1, -0.05) is 36.2 Å². The first-order valence-electron chi connectivity index (χ1n) is 8.65. The minimum Gasteiger partial charge on any atom is -0.368 e. The predicted octanol–water partition coefficient (Wildman–Crippen LogP) is 3.54. The molecule has 6 nitrogen and oxygen atoms in total. The van der Waals surface area contributed by atoms with Gasteiger partial charge >= 0.3 is 0 Å². The Morgan fingerprint density at radius 1 is 1.04 bits per heavy atom. The lowest BCUT2D eigenvalue weighted by molar-refractivity contribution is 0.583. The first-order valence-corrected chi connectivity index (χ1v) is 10.5. The molecule has 0 spiro atoms. The van der Waals surface area contributed by atoms with Crippen LogP contribution in [0.5, 0.6) is 0 Å². The number of anilines is 1. The van der Waals surface area contributed by atoms with Crippen LogP contribution >= 0.6 is 11.6 Å². The molecule has 3 aromatic rings. The van der Waals surface area contributed by atoms with E-state index in [0.29, 0.717) is 29.6 Å². The lowest BCUT2D eigenvalue weighted by Crippen LogP contribution is -2.29. The van der Waals surface area contributed by atoms with E-state index in [1.165, 1.54) is 0 Å². The lowest BCUT2D eigenvalue weighted by Gasteiger charge is -2.11. The lowest BCUT2D eigenvalue weighted by atomic mass is 10.2. The summed E-state index contributed by atoms with van der Waals surface area (Å²) in [6, 6.07) is 12.2. The van der Waals surface area contributed by atoms with Crippen molar-refractivity contribution in [2.24, 2.45) is 0 Å². The first kappa shape index (κ1) is 19.5. The van der Waals surface area contributed by atoms with Crippen LogP contribution < -0.4 is 10.0 Å². The predicted molar refractivity (Wildman–Crippen MR) is 109 cm³/mol. The molecule has 0 radical (unpaired) electrons. The SMILES string of the molecule is CCc1nc(NCCNS(=O)(=O)c2ccc(C)cc2)c2ccc(Cl)cc2n1. The minimum atomic E-state index is -3.53. The number of nitrogens with zero attached hydrogens (tertiary/aromatic N) is 2. The molecule has 0 saturated heterocycles. The van der Waals surface area contributed by atoms with Gasteiger partial charge in [-0.25, -0.2) is 23.1 Å². The van der Waals surface area contributed by atoms with Crippen molar-refractivity contribution in [1.82, 2.24) is 14.7 Å². The van der Waals surface area contributed by atoms with Crippen molar-refractivity contribution in [3.8, 4) is 0 Å². The van der Waals surface area contributed by atoms with E-state index in [1.807, 2.05) is 19.9 Å². The molecule has 0 aliphatic rings. The van der Waals surface area contributed by atoms with Crippen LogP contribution in [0, 0.1) is 6.92 Å². The Hall–Kier alpha value is -2.22. The molecule has 0 bridgehead atoms. The molecule has 1 aromatic heterocycles. The average molecular weight is 405 g/mol. The van der Waals surface area contributed by atoms with Crippen molar-refractivity contribution < 1.29 is 8.42 Å². The molecular formula is C19H21ClN4O2S. The van der Waals surface area contributed by atoms with Gasteiger partial charge in [-0.2, -0.15) is 0 Å². The van der Waals surface area contributed by atoms with Gasteiger partial charge in [-0.15, -0.1) is 0 Å². The Bertz CT molecular complexity index is 1050. The quantitative estimate of drug-likeness (QED) is 0.588. The van der Waals surface area contributed by atoms with Gasteiger partial charge in [0.05, 0.1) is 10.4 Å². The molecule has 0 aliphatic heterocycles. The Balaban J connectivity index is 1.69. The molecular weight excluding hydrogens is 384 g/mol. The Labute approximate surface area is 164 Å². The fraction of sp³-hybridized carbons (Fsp3) is 0.263. The van der Waals surface area contributed by atoms with Gasteiger partial charge in [-0.05, 0) is 37.3 Å². The van der Waals surface area contributed by atoms with E-state index >= 15 is 0 Å². The number of aromatic nitrogens is 2. The molecule has 0 aliphatic carbocycles. The zero-order valence-corrected chi connectivity index (χ0v) is 16.7. The number of benzene rings is 2. The summed E-state index contributed by atoms with van der Waals surface area (Å²) >= 11 is 6.05. The number of fused-ring (bicyclic) bond motifs is 1. The summed E-state index contributed by atoms with van der Waals surface area (Å²) in [6.07, 6.45) is 0.692. The summed E-state index contributed by atoms with van der Waals surface area (Å²) in [5, 5.41) is 4.65. The van der Waals surface area contributed by atoms with Crippen LogP contribution in [0.1, 0.15) is 18.3 Å². The normalized spacial score (nSPS) is 11.7. The molecule has 0 amide bonds. The molecule has 8 heteroatoms. The Morgan fingerprint density at radius 2 is 1.78 bits per heavy atom. The van der Waals surface area contributed by atoms with Gasteiger partial charge in [0, 0.05) is 29.9 Å². The largest absolute Gasteiger partial charge is 0.368 e. The highest BCUT2D eigenvalue weighted by Crippen LogP contribution is 2.23. The number of halogens is 1. The van der Waals surface area contributed by atoms with Crippen LogP contribution in [-0.4, -0.2) is 31.5 Å². The van der Waals surface area contributed by atoms with Crippen molar-refractivity contribution in [2.75, 3.05) is 18.4 Å². The molecule has 27 heavy (non-hydrogen) atoms. The smallest absolute Gasteiger partial charge is 0.240 e. The maximum absolute atomic E-state index is 12.3. The first-order chi connectivity index (χ1) is 12.9. The third-order valence-electron chi connectivity index (χ3n) is 4.06.